The molecule has 1 aromatic carbocycles. The third kappa shape index (κ3) is 5.15. The molecule has 3 aliphatic heterocycles. The van der Waals surface area contributed by atoms with Gasteiger partial charge < -0.3 is 15.1 Å². The number of amidine groups is 1. The number of hydrogen-bond donors (Lipinski definition) is 1. The second-order valence-electron chi connectivity index (χ2n) is 8.34. The van der Waals surface area contributed by atoms with E-state index >= 15 is 0 Å². The standard InChI is InChI=1S/C21H26N4O5S2/c1-24(16-8-11-32(29,30)13-16)20(28)14-4-6-15(7-5-14)22-18(26)12-17-19(27)23-21(31-17)25-9-2-3-10-25/h4-7,16-17H,2-3,8-13H2,1H3,(H,22,26)/t16-,17+/m1/s1. The van der Waals surface area contributed by atoms with E-state index in [0.717, 1.165) is 25.9 Å². The number of nitrogens with one attached hydrogen (secondary N) is 1. The van der Waals surface area contributed by atoms with Crippen LogP contribution in [0, 0.1) is 0 Å². The van der Waals surface area contributed by atoms with E-state index in [0.29, 0.717) is 22.8 Å². The van der Waals surface area contributed by atoms with Gasteiger partial charge in [-0.15, -0.1) is 0 Å². The third-order valence-electron chi connectivity index (χ3n) is 5.97. The zero-order valence-electron chi connectivity index (χ0n) is 17.8. The maximum absolute atomic E-state index is 12.7. The number of aliphatic imine (C=N–C) groups is 1. The topological polar surface area (TPSA) is 116 Å². The third-order valence-corrected chi connectivity index (χ3v) is 8.93. The van der Waals surface area contributed by atoms with Crippen molar-refractivity contribution in [3.05, 3.63) is 29.8 Å². The first-order chi connectivity index (χ1) is 15.2. The predicted octanol–water partition coefficient (Wildman–Crippen LogP) is 1.37. The molecule has 2 fully saturated rings. The van der Waals surface area contributed by atoms with Crippen LogP contribution in [0.25, 0.3) is 0 Å². The highest BCUT2D eigenvalue weighted by Crippen LogP contribution is 2.29. The zero-order chi connectivity index (χ0) is 22.9. The monoisotopic (exact) mass is 478 g/mol. The van der Waals surface area contributed by atoms with Crippen molar-refractivity contribution in [2.24, 2.45) is 4.99 Å². The second kappa shape index (κ2) is 9.22. The molecule has 0 aliphatic carbocycles. The van der Waals surface area contributed by atoms with Gasteiger partial charge in [-0.2, -0.15) is 4.99 Å². The second-order valence-corrected chi connectivity index (χ2v) is 11.7. The Bertz CT molecular complexity index is 1050. The van der Waals surface area contributed by atoms with Crippen LogP contribution < -0.4 is 5.32 Å². The fourth-order valence-electron chi connectivity index (χ4n) is 4.08. The SMILES string of the molecule is CN(C(=O)c1ccc(NC(=O)C[C@@H]2SC(N3CCCC3)=NC2=O)cc1)[C@@H]1CCS(=O)(=O)C1. The lowest BCUT2D eigenvalue weighted by molar-refractivity contribution is -0.121. The summed E-state index contributed by atoms with van der Waals surface area (Å²) in [5.41, 5.74) is 0.939. The Morgan fingerprint density at radius 1 is 1.22 bits per heavy atom. The van der Waals surface area contributed by atoms with E-state index in [1.807, 2.05) is 0 Å². The zero-order valence-corrected chi connectivity index (χ0v) is 19.5. The highest BCUT2D eigenvalue weighted by atomic mass is 32.2. The summed E-state index contributed by atoms with van der Waals surface area (Å²) >= 11 is 1.35. The Balaban J connectivity index is 1.29. The van der Waals surface area contributed by atoms with Gasteiger partial charge in [0.1, 0.15) is 5.25 Å². The molecule has 2 atom stereocenters. The Morgan fingerprint density at radius 3 is 2.53 bits per heavy atom. The molecule has 9 nitrogen and oxygen atoms in total. The molecule has 1 N–H and O–H groups in total. The fourth-order valence-corrected chi connectivity index (χ4v) is 6.97. The normalized spacial score (nSPS) is 24.5. The number of nitrogens with zero attached hydrogens (tertiary/aromatic N) is 3. The van der Waals surface area contributed by atoms with Crippen LogP contribution in [0.1, 0.15) is 36.0 Å². The number of benzene rings is 1. The van der Waals surface area contributed by atoms with Crippen LogP contribution in [0.5, 0.6) is 0 Å². The van der Waals surface area contributed by atoms with Crippen molar-refractivity contribution in [2.75, 3.05) is 37.0 Å². The van der Waals surface area contributed by atoms with Gasteiger partial charge in [0.2, 0.25) is 5.91 Å². The maximum atomic E-state index is 12.7. The minimum atomic E-state index is -3.08. The molecule has 172 valence electrons. The van der Waals surface area contributed by atoms with Crippen LogP contribution in [0.2, 0.25) is 0 Å². The van der Waals surface area contributed by atoms with Crippen molar-refractivity contribution in [1.29, 1.82) is 0 Å². The average Bonchev–Trinajstić information content (AvgIpc) is 3.48. The summed E-state index contributed by atoms with van der Waals surface area (Å²) in [4.78, 5) is 44.9. The van der Waals surface area contributed by atoms with Crippen molar-refractivity contribution in [3.63, 3.8) is 0 Å². The molecular weight excluding hydrogens is 452 g/mol. The van der Waals surface area contributed by atoms with E-state index in [-0.39, 0.29) is 41.7 Å². The lowest BCUT2D eigenvalue weighted by atomic mass is 10.1. The number of carbonyl (C=O) groups excluding carboxylic acids is 3. The van der Waals surface area contributed by atoms with E-state index < -0.39 is 15.1 Å². The van der Waals surface area contributed by atoms with Gasteiger partial charge in [-0.25, -0.2) is 8.42 Å². The fraction of sp³-hybridized carbons (Fsp3) is 0.524. The Labute approximate surface area is 191 Å². The molecule has 1 aromatic rings. The van der Waals surface area contributed by atoms with Crippen LogP contribution in [-0.2, 0) is 19.4 Å². The van der Waals surface area contributed by atoms with Crippen molar-refractivity contribution < 1.29 is 22.8 Å². The van der Waals surface area contributed by atoms with Crippen LogP contribution in [-0.4, -0.2) is 84.0 Å². The molecule has 3 amide bonds. The van der Waals surface area contributed by atoms with Crippen molar-refractivity contribution in [1.82, 2.24) is 9.80 Å². The lowest BCUT2D eigenvalue weighted by Crippen LogP contribution is -2.37. The first-order valence-corrected chi connectivity index (χ1v) is 13.3. The van der Waals surface area contributed by atoms with E-state index in [1.165, 1.54) is 16.7 Å². The molecule has 0 saturated carbocycles. The van der Waals surface area contributed by atoms with Crippen molar-refractivity contribution in [3.8, 4) is 0 Å². The van der Waals surface area contributed by atoms with Gasteiger partial charge in [0.05, 0.1) is 11.5 Å². The number of anilines is 1. The molecule has 32 heavy (non-hydrogen) atoms. The number of thioether (sulfide) groups is 1. The van der Waals surface area contributed by atoms with Gasteiger partial charge in [0.25, 0.3) is 11.8 Å². The minimum absolute atomic E-state index is 0.00946. The molecule has 3 heterocycles. The molecular formula is C21H26N4O5S2. The molecule has 11 heteroatoms. The summed E-state index contributed by atoms with van der Waals surface area (Å²) in [6, 6.07) is 6.13. The van der Waals surface area contributed by atoms with Gasteiger partial charge in [-0.3, -0.25) is 14.4 Å². The highest BCUT2D eigenvalue weighted by molar-refractivity contribution is 8.15. The van der Waals surface area contributed by atoms with Gasteiger partial charge in [-0.05, 0) is 43.5 Å². The number of carbonyl (C=O) groups is 3. The molecule has 4 rings (SSSR count). The Morgan fingerprint density at radius 2 is 1.91 bits per heavy atom. The summed E-state index contributed by atoms with van der Waals surface area (Å²) < 4.78 is 23.3. The van der Waals surface area contributed by atoms with Gasteiger partial charge in [0, 0.05) is 43.9 Å². The van der Waals surface area contributed by atoms with E-state index in [4.69, 9.17) is 0 Å². The highest BCUT2D eigenvalue weighted by Gasteiger charge is 2.34. The average molecular weight is 479 g/mol. The summed E-state index contributed by atoms with van der Waals surface area (Å²) in [6.45, 7) is 1.80. The Kier molecular flexibility index (Phi) is 6.57. The van der Waals surface area contributed by atoms with Crippen LogP contribution in [0.4, 0.5) is 5.69 Å². The maximum Gasteiger partial charge on any atom is 0.262 e. The molecule has 0 bridgehead atoms. The summed E-state index contributed by atoms with van der Waals surface area (Å²) in [5, 5.41) is 2.97. The summed E-state index contributed by atoms with van der Waals surface area (Å²) in [7, 11) is -1.47. The number of likely N-dealkylation sites (tertiary alicyclic amines) is 1. The Hall–Kier alpha value is -2.40. The molecule has 3 aliphatic rings. The van der Waals surface area contributed by atoms with Gasteiger partial charge in [-0.1, -0.05) is 11.8 Å². The summed E-state index contributed by atoms with van der Waals surface area (Å²) in [5.74, 6) is -0.729. The van der Waals surface area contributed by atoms with Gasteiger partial charge in [0.15, 0.2) is 15.0 Å². The molecule has 0 aromatic heterocycles. The quantitative estimate of drug-likeness (QED) is 0.679. The number of sulfone groups is 1. The minimum Gasteiger partial charge on any atom is -0.351 e. The first kappa shape index (κ1) is 22.8. The molecule has 0 radical (unpaired) electrons. The van der Waals surface area contributed by atoms with Crippen LogP contribution in [0.15, 0.2) is 29.3 Å². The van der Waals surface area contributed by atoms with Crippen LogP contribution in [0.3, 0.4) is 0 Å². The number of hydrogen-bond acceptors (Lipinski definition) is 7. The van der Waals surface area contributed by atoms with Crippen LogP contribution >= 0.6 is 11.8 Å². The van der Waals surface area contributed by atoms with E-state index in [9.17, 15) is 22.8 Å². The van der Waals surface area contributed by atoms with Crippen molar-refractivity contribution >= 4 is 50.2 Å². The smallest absolute Gasteiger partial charge is 0.262 e. The predicted molar refractivity (Wildman–Crippen MR) is 123 cm³/mol. The molecule has 0 spiro atoms. The number of amides is 3. The largest absolute Gasteiger partial charge is 0.351 e. The summed E-state index contributed by atoms with van der Waals surface area (Å²) in [6.07, 6.45) is 2.66. The van der Waals surface area contributed by atoms with Gasteiger partial charge >= 0.3 is 0 Å². The number of rotatable bonds is 5. The molecule has 2 saturated heterocycles. The van der Waals surface area contributed by atoms with E-state index in [1.54, 1.807) is 31.3 Å². The lowest BCUT2D eigenvalue weighted by Gasteiger charge is -2.23. The molecule has 0 unspecified atom stereocenters. The van der Waals surface area contributed by atoms with E-state index in [2.05, 4.69) is 15.2 Å². The first-order valence-electron chi connectivity index (χ1n) is 10.6. The van der Waals surface area contributed by atoms with Crippen molar-refractivity contribution in [2.45, 2.75) is 37.0 Å².